The second-order valence-corrected chi connectivity index (χ2v) is 11.4. The fraction of sp³-hybridized carbons (Fsp3) is 0.643. The van der Waals surface area contributed by atoms with Gasteiger partial charge < -0.3 is 19.3 Å². The minimum absolute atomic E-state index is 0.0136. The first kappa shape index (κ1) is 24.7. The molecule has 1 aliphatic heterocycles. The molecule has 5 atom stereocenters. The molecule has 1 saturated heterocycles. The van der Waals surface area contributed by atoms with Gasteiger partial charge in [-0.3, -0.25) is 0 Å². The zero-order valence-corrected chi connectivity index (χ0v) is 21.8. The minimum Gasteiger partial charge on any atom is -0.493 e. The van der Waals surface area contributed by atoms with E-state index in [1.165, 1.54) is 41.7 Å². The van der Waals surface area contributed by atoms with Gasteiger partial charge in [-0.25, -0.2) is 9.78 Å². The van der Waals surface area contributed by atoms with Crippen molar-refractivity contribution in [2.24, 2.45) is 11.8 Å². The Hall–Kier alpha value is -1.96. The van der Waals surface area contributed by atoms with Gasteiger partial charge in [0, 0.05) is 17.7 Å². The summed E-state index contributed by atoms with van der Waals surface area (Å²) >= 11 is 1.44. The number of ether oxygens (including phenoxy) is 3. The second-order valence-electron chi connectivity index (χ2n) is 10.5. The Morgan fingerprint density at radius 3 is 2.80 bits per heavy atom. The lowest BCUT2D eigenvalue weighted by Gasteiger charge is -2.34. The van der Waals surface area contributed by atoms with Crippen molar-refractivity contribution in [2.45, 2.75) is 96.1 Å². The van der Waals surface area contributed by atoms with Crippen LogP contribution in [0.5, 0.6) is 5.75 Å². The summed E-state index contributed by atoms with van der Waals surface area (Å²) in [7, 11) is 0. The Bertz CT molecular complexity index is 1030. The first-order valence-electron chi connectivity index (χ1n) is 13.2. The van der Waals surface area contributed by atoms with Crippen LogP contribution in [0.25, 0.3) is 0 Å². The van der Waals surface area contributed by atoms with Crippen LogP contribution in [0.3, 0.4) is 0 Å². The van der Waals surface area contributed by atoms with Crippen LogP contribution in [0.15, 0.2) is 23.6 Å². The van der Waals surface area contributed by atoms with Crippen LogP contribution in [0.1, 0.15) is 97.9 Å². The van der Waals surface area contributed by atoms with Gasteiger partial charge in [0.15, 0.2) is 5.69 Å². The molecule has 5 rings (SSSR count). The molecule has 7 heteroatoms. The Kier molecular flexibility index (Phi) is 7.47. The second kappa shape index (κ2) is 10.6. The van der Waals surface area contributed by atoms with E-state index in [0.29, 0.717) is 24.6 Å². The number of aliphatic hydroxyl groups excluding tert-OH is 1. The number of fused-ring (bicyclic) bond motifs is 1. The van der Waals surface area contributed by atoms with Crippen LogP contribution >= 0.6 is 11.3 Å². The van der Waals surface area contributed by atoms with E-state index in [1.54, 1.807) is 5.38 Å². The molecule has 3 fully saturated rings. The molecule has 0 bridgehead atoms. The maximum atomic E-state index is 12.2. The Morgan fingerprint density at radius 2 is 2.09 bits per heavy atom. The zero-order valence-electron chi connectivity index (χ0n) is 20.9. The van der Waals surface area contributed by atoms with Crippen LogP contribution in [0, 0.1) is 11.8 Å². The summed E-state index contributed by atoms with van der Waals surface area (Å²) in [6.45, 7) is 6.38. The maximum Gasteiger partial charge on any atom is 0.358 e. The van der Waals surface area contributed by atoms with E-state index in [4.69, 9.17) is 14.2 Å². The minimum atomic E-state index is -0.433. The lowest BCUT2D eigenvalue weighted by molar-refractivity contribution is -0.0812. The molecule has 1 aromatic heterocycles. The molecule has 2 aliphatic carbocycles. The number of benzene rings is 1. The summed E-state index contributed by atoms with van der Waals surface area (Å²) in [6.07, 6.45) is 6.56. The third kappa shape index (κ3) is 5.27. The lowest BCUT2D eigenvalue weighted by atomic mass is 9.78. The van der Waals surface area contributed by atoms with E-state index in [-0.39, 0.29) is 30.1 Å². The number of rotatable bonds is 8. The molecule has 0 spiro atoms. The quantitative estimate of drug-likeness (QED) is 0.460. The van der Waals surface area contributed by atoms with Gasteiger partial charge >= 0.3 is 5.97 Å². The molecule has 190 valence electrons. The summed E-state index contributed by atoms with van der Waals surface area (Å²) in [5.74, 6) is 1.53. The van der Waals surface area contributed by atoms with Crippen molar-refractivity contribution in [1.82, 2.24) is 4.98 Å². The fourth-order valence-electron chi connectivity index (χ4n) is 5.82. The number of nitrogens with zero attached hydrogens (tertiary/aromatic N) is 1. The van der Waals surface area contributed by atoms with Crippen molar-refractivity contribution in [3.63, 3.8) is 0 Å². The molecule has 0 radical (unpaired) electrons. The normalized spacial score (nSPS) is 28.5. The Balaban J connectivity index is 1.19. The number of carbonyl (C=O) groups is 1. The van der Waals surface area contributed by atoms with E-state index >= 15 is 0 Å². The number of aliphatic hydroxyl groups is 1. The molecule has 6 nitrogen and oxygen atoms in total. The number of hydrogen-bond acceptors (Lipinski definition) is 7. The van der Waals surface area contributed by atoms with Crippen LogP contribution in [-0.2, 0) is 15.9 Å². The van der Waals surface area contributed by atoms with E-state index in [9.17, 15) is 9.90 Å². The summed E-state index contributed by atoms with van der Waals surface area (Å²) in [4.78, 5) is 16.7. The van der Waals surface area contributed by atoms with Gasteiger partial charge in [0.05, 0.1) is 24.9 Å². The number of carbonyl (C=O) groups excluding carboxylic acids is 1. The fourth-order valence-corrected chi connectivity index (χ4v) is 6.68. The summed E-state index contributed by atoms with van der Waals surface area (Å²) in [5.41, 5.74) is 3.22. The lowest BCUT2D eigenvalue weighted by Crippen LogP contribution is -2.33. The van der Waals surface area contributed by atoms with Crippen molar-refractivity contribution in [3.8, 4) is 5.75 Å². The van der Waals surface area contributed by atoms with Crippen LogP contribution in [0.2, 0.25) is 0 Å². The standard InChI is InChI=1S/C28H37NO5S/c1-4-17-8-9-19(12-21(17)18-6-5-7-18)32-14-22-20-10-11-25(34-26(20)13-24(22)30)27-29-23(15-35-27)28(31)33-16(2)3/h8-9,12,15-16,18,20,22,24-26,30H,4-7,10-11,13-14H2,1-3H3/t20-,22-,24+,25-,26+/m1/s1. The molecule has 2 aromatic rings. The molecule has 2 heterocycles. The molecular weight excluding hydrogens is 462 g/mol. The number of hydrogen-bond donors (Lipinski definition) is 1. The molecule has 0 unspecified atom stereocenters. The summed E-state index contributed by atoms with van der Waals surface area (Å²) < 4.78 is 17.9. The highest BCUT2D eigenvalue weighted by Gasteiger charge is 2.47. The first-order chi connectivity index (χ1) is 16.9. The van der Waals surface area contributed by atoms with Crippen molar-refractivity contribution >= 4 is 17.3 Å². The highest BCUT2D eigenvalue weighted by molar-refractivity contribution is 7.09. The van der Waals surface area contributed by atoms with Gasteiger partial charge in [0.25, 0.3) is 0 Å². The monoisotopic (exact) mass is 499 g/mol. The molecule has 1 N–H and O–H groups in total. The van der Waals surface area contributed by atoms with Gasteiger partial charge in [-0.2, -0.15) is 0 Å². The van der Waals surface area contributed by atoms with Crippen LogP contribution in [0.4, 0.5) is 0 Å². The third-order valence-electron chi connectivity index (χ3n) is 7.93. The largest absolute Gasteiger partial charge is 0.493 e. The molecule has 35 heavy (non-hydrogen) atoms. The van der Waals surface area contributed by atoms with Crippen molar-refractivity contribution in [1.29, 1.82) is 0 Å². The number of aromatic nitrogens is 1. The Morgan fingerprint density at radius 1 is 1.26 bits per heavy atom. The number of aryl methyl sites for hydroxylation is 1. The van der Waals surface area contributed by atoms with Gasteiger partial charge in [-0.1, -0.05) is 19.4 Å². The highest BCUT2D eigenvalue weighted by atomic mass is 32.1. The van der Waals surface area contributed by atoms with Gasteiger partial charge in [0.2, 0.25) is 0 Å². The molecule has 0 amide bonds. The third-order valence-corrected chi connectivity index (χ3v) is 8.87. The topological polar surface area (TPSA) is 77.9 Å². The number of esters is 1. The average Bonchev–Trinajstić information content (AvgIpc) is 3.40. The van der Waals surface area contributed by atoms with E-state index in [2.05, 4.69) is 30.1 Å². The molecule has 1 aromatic carbocycles. The highest BCUT2D eigenvalue weighted by Crippen LogP contribution is 2.46. The van der Waals surface area contributed by atoms with Gasteiger partial charge in [0.1, 0.15) is 16.9 Å². The molecule has 3 aliphatic rings. The zero-order chi connectivity index (χ0) is 24.5. The van der Waals surface area contributed by atoms with Crippen molar-refractivity contribution < 1.29 is 24.1 Å². The van der Waals surface area contributed by atoms with Gasteiger partial charge in [-0.05, 0) is 81.0 Å². The van der Waals surface area contributed by atoms with E-state index < -0.39 is 12.1 Å². The molecular formula is C28H37NO5S. The molecule has 2 saturated carbocycles. The summed E-state index contributed by atoms with van der Waals surface area (Å²) in [6, 6.07) is 6.53. The van der Waals surface area contributed by atoms with Gasteiger partial charge in [-0.15, -0.1) is 11.3 Å². The van der Waals surface area contributed by atoms with Crippen LogP contribution in [-0.4, -0.2) is 41.0 Å². The maximum absolute atomic E-state index is 12.2. The Labute approximate surface area is 212 Å². The smallest absolute Gasteiger partial charge is 0.358 e. The van der Waals surface area contributed by atoms with Crippen molar-refractivity contribution in [2.75, 3.05) is 6.61 Å². The predicted octanol–water partition coefficient (Wildman–Crippen LogP) is 5.83. The van der Waals surface area contributed by atoms with E-state index in [0.717, 1.165) is 30.0 Å². The summed E-state index contributed by atoms with van der Waals surface area (Å²) in [5, 5.41) is 13.4. The number of thiazole rings is 1. The van der Waals surface area contributed by atoms with Crippen molar-refractivity contribution in [3.05, 3.63) is 45.4 Å². The SMILES string of the molecule is CCc1ccc(OC[C@@H]2[C@H]3CC[C@H](c4nc(C(=O)OC(C)C)cs4)O[C@H]3C[C@@H]2O)cc1C1CCC1. The first-order valence-corrected chi connectivity index (χ1v) is 14.1. The predicted molar refractivity (Wildman–Crippen MR) is 135 cm³/mol. The van der Waals surface area contributed by atoms with Crippen LogP contribution < -0.4 is 4.74 Å². The average molecular weight is 500 g/mol. The van der Waals surface area contributed by atoms with E-state index in [1.807, 2.05) is 13.8 Å².